The Labute approximate surface area is 139 Å². The second-order valence-electron chi connectivity index (χ2n) is 5.70. The average Bonchev–Trinajstić information content (AvgIpc) is 2.57. The van der Waals surface area contributed by atoms with E-state index < -0.39 is 0 Å². The van der Waals surface area contributed by atoms with Crippen LogP contribution in [0.3, 0.4) is 0 Å². The summed E-state index contributed by atoms with van der Waals surface area (Å²) in [5.74, 6) is 1.58. The number of ether oxygens (including phenoxy) is 2. The van der Waals surface area contributed by atoms with E-state index >= 15 is 0 Å². The third-order valence-electron chi connectivity index (χ3n) is 3.74. The number of likely N-dealkylation sites (N-methyl/N-ethyl adjacent to an activating group) is 1. The van der Waals surface area contributed by atoms with Gasteiger partial charge in [0, 0.05) is 5.56 Å². The minimum absolute atomic E-state index is 0.663. The van der Waals surface area contributed by atoms with Crippen LogP contribution < -0.4 is 14.4 Å². The van der Waals surface area contributed by atoms with Gasteiger partial charge in [0.2, 0.25) is 0 Å². The maximum Gasteiger partial charge on any atom is 0.161 e. The third kappa shape index (κ3) is 5.46. The highest BCUT2D eigenvalue weighted by Gasteiger charge is 2.08. The standard InChI is InChI=1S/C20H25NO2/c1-4-8-17-11-12-19(20(15-17)22-3)23-14-13-21(2)16-18-9-6-5-7-10-18/h4-7,9-12,15H,1,8,13-14,16H2,2-3H3/p+1. The van der Waals surface area contributed by atoms with E-state index in [0.29, 0.717) is 6.61 Å². The fourth-order valence-electron chi connectivity index (χ4n) is 2.49. The van der Waals surface area contributed by atoms with Gasteiger partial charge in [0.25, 0.3) is 0 Å². The molecule has 0 radical (unpaired) electrons. The van der Waals surface area contributed by atoms with Gasteiger partial charge >= 0.3 is 0 Å². The number of benzene rings is 2. The van der Waals surface area contributed by atoms with Crippen molar-refractivity contribution < 1.29 is 14.4 Å². The molecule has 0 saturated carbocycles. The molecule has 2 aromatic rings. The molecule has 0 spiro atoms. The van der Waals surface area contributed by atoms with Crippen molar-refractivity contribution in [2.24, 2.45) is 0 Å². The Balaban J connectivity index is 1.84. The quantitative estimate of drug-likeness (QED) is 0.719. The van der Waals surface area contributed by atoms with E-state index in [2.05, 4.69) is 44.0 Å². The molecule has 0 heterocycles. The third-order valence-corrected chi connectivity index (χ3v) is 3.74. The SMILES string of the molecule is C=CCc1ccc(OCC[NH+](C)Cc2ccccc2)c(OC)c1. The van der Waals surface area contributed by atoms with Crippen molar-refractivity contribution in [2.75, 3.05) is 27.3 Å². The van der Waals surface area contributed by atoms with Crippen LogP contribution in [0, 0.1) is 0 Å². The van der Waals surface area contributed by atoms with Crippen molar-refractivity contribution in [2.45, 2.75) is 13.0 Å². The van der Waals surface area contributed by atoms with E-state index in [4.69, 9.17) is 9.47 Å². The highest BCUT2D eigenvalue weighted by molar-refractivity contribution is 5.43. The van der Waals surface area contributed by atoms with Crippen molar-refractivity contribution in [3.63, 3.8) is 0 Å². The van der Waals surface area contributed by atoms with Gasteiger partial charge in [-0.15, -0.1) is 6.58 Å². The number of hydrogen-bond donors (Lipinski definition) is 1. The highest BCUT2D eigenvalue weighted by Crippen LogP contribution is 2.28. The van der Waals surface area contributed by atoms with E-state index in [0.717, 1.165) is 31.0 Å². The Bertz CT molecular complexity index is 610. The second kappa shape index (κ2) is 9.01. The smallest absolute Gasteiger partial charge is 0.161 e. The van der Waals surface area contributed by atoms with Crippen LogP contribution in [-0.4, -0.2) is 27.3 Å². The fraction of sp³-hybridized carbons (Fsp3) is 0.300. The number of allylic oxidation sites excluding steroid dienone is 1. The molecule has 3 heteroatoms. The predicted molar refractivity (Wildman–Crippen MR) is 94.3 cm³/mol. The van der Waals surface area contributed by atoms with E-state index in [1.165, 1.54) is 16.0 Å². The summed E-state index contributed by atoms with van der Waals surface area (Å²) in [6, 6.07) is 16.6. The Hall–Kier alpha value is -2.26. The molecule has 0 aliphatic rings. The van der Waals surface area contributed by atoms with Crippen molar-refractivity contribution in [3.05, 3.63) is 72.3 Å². The first-order valence-corrected chi connectivity index (χ1v) is 7.98. The summed E-state index contributed by atoms with van der Waals surface area (Å²) in [5.41, 5.74) is 2.52. The molecule has 1 atom stereocenters. The van der Waals surface area contributed by atoms with Gasteiger partial charge in [-0.2, -0.15) is 0 Å². The van der Waals surface area contributed by atoms with Crippen LogP contribution in [0.25, 0.3) is 0 Å². The van der Waals surface area contributed by atoms with E-state index in [1.54, 1.807) is 7.11 Å². The molecule has 0 aliphatic carbocycles. The van der Waals surface area contributed by atoms with Crippen LogP contribution in [0.1, 0.15) is 11.1 Å². The summed E-state index contributed by atoms with van der Waals surface area (Å²) in [7, 11) is 3.85. The van der Waals surface area contributed by atoms with E-state index in [9.17, 15) is 0 Å². The number of nitrogens with one attached hydrogen (secondary N) is 1. The summed E-state index contributed by atoms with van der Waals surface area (Å²) in [4.78, 5) is 1.42. The van der Waals surface area contributed by atoms with Gasteiger partial charge in [0.05, 0.1) is 14.2 Å². The first-order chi connectivity index (χ1) is 11.2. The topological polar surface area (TPSA) is 22.9 Å². The Morgan fingerprint density at radius 3 is 2.52 bits per heavy atom. The summed E-state index contributed by atoms with van der Waals surface area (Å²) in [5, 5.41) is 0. The normalized spacial score (nSPS) is 11.7. The minimum Gasteiger partial charge on any atom is -0.493 e. The largest absolute Gasteiger partial charge is 0.493 e. The van der Waals surface area contributed by atoms with Crippen LogP contribution in [0.5, 0.6) is 11.5 Å². The summed E-state index contributed by atoms with van der Waals surface area (Å²) < 4.78 is 11.3. The van der Waals surface area contributed by atoms with Crippen LogP contribution in [0.2, 0.25) is 0 Å². The number of rotatable bonds is 9. The molecule has 0 aromatic heterocycles. The second-order valence-corrected chi connectivity index (χ2v) is 5.70. The predicted octanol–water partition coefficient (Wildman–Crippen LogP) is 2.52. The van der Waals surface area contributed by atoms with Gasteiger partial charge in [-0.1, -0.05) is 42.5 Å². The van der Waals surface area contributed by atoms with Crippen LogP contribution in [-0.2, 0) is 13.0 Å². The monoisotopic (exact) mass is 312 g/mol. The fourth-order valence-corrected chi connectivity index (χ4v) is 2.49. The first-order valence-electron chi connectivity index (χ1n) is 7.98. The molecule has 1 unspecified atom stereocenters. The molecule has 0 saturated heterocycles. The molecule has 3 nitrogen and oxygen atoms in total. The molecule has 0 aliphatic heterocycles. The van der Waals surface area contributed by atoms with Crippen LogP contribution in [0.4, 0.5) is 0 Å². The Morgan fingerprint density at radius 2 is 1.83 bits per heavy atom. The summed E-state index contributed by atoms with van der Waals surface area (Å²) in [6.07, 6.45) is 2.72. The molecule has 0 amide bonds. The number of quaternary nitrogens is 1. The molecule has 0 fully saturated rings. The number of methoxy groups -OCH3 is 1. The maximum atomic E-state index is 5.90. The van der Waals surface area contributed by atoms with Gasteiger partial charge in [-0.05, 0) is 24.1 Å². The zero-order chi connectivity index (χ0) is 16.5. The van der Waals surface area contributed by atoms with Crippen molar-refractivity contribution in [1.82, 2.24) is 0 Å². The van der Waals surface area contributed by atoms with Crippen LogP contribution >= 0.6 is 0 Å². The molecule has 122 valence electrons. The van der Waals surface area contributed by atoms with Crippen LogP contribution in [0.15, 0.2) is 61.2 Å². The van der Waals surface area contributed by atoms with E-state index in [1.807, 2.05) is 24.3 Å². The van der Waals surface area contributed by atoms with E-state index in [-0.39, 0.29) is 0 Å². The first kappa shape index (κ1) is 17.1. The Kier molecular flexibility index (Phi) is 6.70. The summed E-state index contributed by atoms with van der Waals surface area (Å²) in [6.45, 7) is 6.36. The minimum atomic E-state index is 0.663. The van der Waals surface area contributed by atoms with Crippen molar-refractivity contribution in [3.8, 4) is 11.5 Å². The average molecular weight is 312 g/mol. The lowest BCUT2D eigenvalue weighted by atomic mass is 10.1. The lowest BCUT2D eigenvalue weighted by Crippen LogP contribution is -3.08. The lowest BCUT2D eigenvalue weighted by molar-refractivity contribution is -0.893. The molecule has 0 bridgehead atoms. The molecular weight excluding hydrogens is 286 g/mol. The zero-order valence-corrected chi connectivity index (χ0v) is 14.0. The lowest BCUT2D eigenvalue weighted by Gasteiger charge is -2.16. The molecule has 23 heavy (non-hydrogen) atoms. The highest BCUT2D eigenvalue weighted by atomic mass is 16.5. The van der Waals surface area contributed by atoms with Crippen molar-refractivity contribution in [1.29, 1.82) is 0 Å². The number of hydrogen-bond acceptors (Lipinski definition) is 2. The Morgan fingerprint density at radius 1 is 1.04 bits per heavy atom. The van der Waals surface area contributed by atoms with Gasteiger partial charge in [0.1, 0.15) is 19.7 Å². The van der Waals surface area contributed by atoms with Gasteiger partial charge in [-0.25, -0.2) is 0 Å². The molecular formula is C20H26NO2+. The molecule has 2 rings (SSSR count). The molecule has 2 aromatic carbocycles. The van der Waals surface area contributed by atoms with Crippen molar-refractivity contribution >= 4 is 0 Å². The molecule has 1 N–H and O–H groups in total. The zero-order valence-electron chi connectivity index (χ0n) is 14.0. The maximum absolute atomic E-state index is 5.90. The van der Waals surface area contributed by atoms with Gasteiger partial charge < -0.3 is 14.4 Å². The summed E-state index contributed by atoms with van der Waals surface area (Å²) >= 11 is 0. The van der Waals surface area contributed by atoms with Gasteiger partial charge in [-0.3, -0.25) is 0 Å². The van der Waals surface area contributed by atoms with Gasteiger partial charge in [0.15, 0.2) is 11.5 Å².